The molecular weight excluding hydrogens is 228 g/mol. The molecule has 1 aromatic rings. The first-order valence-corrected chi connectivity index (χ1v) is 6.17. The van der Waals surface area contributed by atoms with Crippen molar-refractivity contribution in [1.29, 1.82) is 0 Å². The number of likely N-dealkylation sites (N-methyl/N-ethyl adjacent to an activating group) is 1. The van der Waals surface area contributed by atoms with E-state index in [0.717, 1.165) is 11.3 Å². The zero-order chi connectivity index (χ0) is 13.3. The first kappa shape index (κ1) is 12.9. The third-order valence-corrected chi connectivity index (χ3v) is 3.24. The summed E-state index contributed by atoms with van der Waals surface area (Å²) in [5.41, 5.74) is 2.77. The third kappa shape index (κ3) is 2.34. The zero-order valence-electron chi connectivity index (χ0n) is 11.4. The average Bonchev–Trinajstić information content (AvgIpc) is 2.54. The Morgan fingerprint density at radius 1 is 1.44 bits per heavy atom. The lowest BCUT2D eigenvalue weighted by Gasteiger charge is -2.21. The Kier molecular flexibility index (Phi) is 3.30. The average molecular weight is 248 g/mol. The van der Waals surface area contributed by atoms with Gasteiger partial charge < -0.3 is 10.1 Å². The predicted molar refractivity (Wildman–Crippen MR) is 72.1 cm³/mol. The molecule has 0 aliphatic carbocycles. The number of cyclic esters (lactones) is 1. The Bertz CT molecular complexity index is 473. The second-order valence-electron chi connectivity index (χ2n) is 5.22. The van der Waals surface area contributed by atoms with Crippen molar-refractivity contribution in [2.24, 2.45) is 0 Å². The fourth-order valence-electron chi connectivity index (χ4n) is 2.45. The van der Waals surface area contributed by atoms with Crippen LogP contribution in [0.1, 0.15) is 18.1 Å². The van der Waals surface area contributed by atoms with Gasteiger partial charge in [-0.1, -0.05) is 17.7 Å². The Balaban J connectivity index is 2.27. The van der Waals surface area contributed by atoms with Crippen molar-refractivity contribution in [2.75, 3.05) is 25.0 Å². The molecule has 1 aliphatic heterocycles. The molecule has 1 unspecified atom stereocenters. The largest absolute Gasteiger partial charge is 0.440 e. The Hall–Kier alpha value is -1.55. The SMILES string of the molecule is CNCC1(C)CN(c2ccc(C)cc2C)C(=O)O1. The predicted octanol–water partition coefficient (Wildman–Crippen LogP) is 2.24. The summed E-state index contributed by atoms with van der Waals surface area (Å²) < 4.78 is 5.47. The molecule has 1 heterocycles. The van der Waals surface area contributed by atoms with E-state index in [1.165, 1.54) is 5.56 Å². The van der Waals surface area contributed by atoms with Crippen LogP contribution in [-0.2, 0) is 4.74 Å². The quantitative estimate of drug-likeness (QED) is 0.892. The number of nitrogens with zero attached hydrogens (tertiary/aromatic N) is 1. The minimum Gasteiger partial charge on any atom is -0.440 e. The van der Waals surface area contributed by atoms with Crippen LogP contribution in [0.3, 0.4) is 0 Å². The molecular formula is C14H20N2O2. The van der Waals surface area contributed by atoms with E-state index in [-0.39, 0.29) is 6.09 Å². The highest BCUT2D eigenvalue weighted by Crippen LogP contribution is 2.30. The molecule has 4 nitrogen and oxygen atoms in total. The summed E-state index contributed by atoms with van der Waals surface area (Å²) in [5.74, 6) is 0. The van der Waals surface area contributed by atoms with E-state index in [2.05, 4.69) is 11.4 Å². The van der Waals surface area contributed by atoms with Crippen molar-refractivity contribution in [3.05, 3.63) is 29.3 Å². The fraction of sp³-hybridized carbons (Fsp3) is 0.500. The number of amides is 1. The van der Waals surface area contributed by atoms with E-state index in [9.17, 15) is 4.79 Å². The van der Waals surface area contributed by atoms with Crippen LogP contribution >= 0.6 is 0 Å². The second kappa shape index (κ2) is 4.61. The van der Waals surface area contributed by atoms with Crippen LogP contribution in [0, 0.1) is 13.8 Å². The summed E-state index contributed by atoms with van der Waals surface area (Å²) >= 11 is 0. The highest BCUT2D eigenvalue weighted by atomic mass is 16.6. The van der Waals surface area contributed by atoms with Gasteiger partial charge in [0.05, 0.1) is 12.2 Å². The highest BCUT2D eigenvalue weighted by Gasteiger charge is 2.41. The van der Waals surface area contributed by atoms with E-state index < -0.39 is 5.60 Å². The van der Waals surface area contributed by atoms with Gasteiger partial charge >= 0.3 is 6.09 Å². The van der Waals surface area contributed by atoms with E-state index in [1.54, 1.807) is 4.90 Å². The standard InChI is InChI=1S/C14H20N2O2/c1-10-5-6-12(11(2)7-10)16-9-14(3,8-15-4)18-13(16)17/h5-7,15H,8-9H2,1-4H3. The Morgan fingerprint density at radius 3 is 2.78 bits per heavy atom. The maximum absolute atomic E-state index is 12.0. The van der Waals surface area contributed by atoms with Crippen molar-refractivity contribution in [3.8, 4) is 0 Å². The molecule has 0 bridgehead atoms. The van der Waals surface area contributed by atoms with Crippen LogP contribution in [0.2, 0.25) is 0 Å². The topological polar surface area (TPSA) is 41.6 Å². The Morgan fingerprint density at radius 2 is 2.17 bits per heavy atom. The molecule has 0 spiro atoms. The number of nitrogens with one attached hydrogen (secondary N) is 1. The lowest BCUT2D eigenvalue weighted by molar-refractivity contribution is 0.0734. The minimum absolute atomic E-state index is 0.264. The van der Waals surface area contributed by atoms with E-state index in [1.807, 2.05) is 40.0 Å². The summed E-state index contributed by atoms with van der Waals surface area (Å²) in [7, 11) is 1.86. The fourth-order valence-corrected chi connectivity index (χ4v) is 2.45. The van der Waals surface area contributed by atoms with Crippen LogP contribution in [0.5, 0.6) is 0 Å². The van der Waals surface area contributed by atoms with Gasteiger partial charge in [0.25, 0.3) is 0 Å². The number of hydrogen-bond acceptors (Lipinski definition) is 3. The third-order valence-electron chi connectivity index (χ3n) is 3.24. The van der Waals surface area contributed by atoms with Gasteiger partial charge in [-0.05, 0) is 39.4 Å². The van der Waals surface area contributed by atoms with Crippen molar-refractivity contribution in [1.82, 2.24) is 5.32 Å². The maximum atomic E-state index is 12.0. The molecule has 1 aliphatic rings. The van der Waals surface area contributed by atoms with Crippen LogP contribution < -0.4 is 10.2 Å². The molecule has 1 amide bonds. The van der Waals surface area contributed by atoms with Crippen LogP contribution in [-0.4, -0.2) is 31.8 Å². The number of rotatable bonds is 3. The number of benzene rings is 1. The monoisotopic (exact) mass is 248 g/mol. The molecule has 1 aromatic carbocycles. The van der Waals surface area contributed by atoms with Crippen molar-refractivity contribution < 1.29 is 9.53 Å². The van der Waals surface area contributed by atoms with Crippen LogP contribution in [0.15, 0.2) is 18.2 Å². The van der Waals surface area contributed by atoms with Gasteiger partial charge in [0, 0.05) is 6.54 Å². The second-order valence-corrected chi connectivity index (χ2v) is 5.22. The van der Waals surface area contributed by atoms with Crippen LogP contribution in [0.4, 0.5) is 10.5 Å². The molecule has 18 heavy (non-hydrogen) atoms. The number of aryl methyl sites for hydroxylation is 2. The summed E-state index contributed by atoms with van der Waals surface area (Å²) in [4.78, 5) is 13.7. The van der Waals surface area contributed by atoms with Gasteiger partial charge in [-0.15, -0.1) is 0 Å². The first-order valence-electron chi connectivity index (χ1n) is 6.17. The number of carbonyl (C=O) groups excluding carboxylic acids is 1. The van der Waals surface area contributed by atoms with Gasteiger partial charge in [-0.2, -0.15) is 0 Å². The summed E-state index contributed by atoms with van der Waals surface area (Å²) in [6.07, 6.45) is -0.264. The lowest BCUT2D eigenvalue weighted by Crippen LogP contribution is -2.40. The van der Waals surface area contributed by atoms with Gasteiger partial charge in [-0.25, -0.2) is 4.79 Å². The molecule has 4 heteroatoms. The number of carbonyl (C=O) groups is 1. The molecule has 0 saturated carbocycles. The van der Waals surface area contributed by atoms with Gasteiger partial charge in [0.2, 0.25) is 0 Å². The molecule has 0 radical (unpaired) electrons. The smallest absolute Gasteiger partial charge is 0.415 e. The zero-order valence-corrected chi connectivity index (χ0v) is 11.4. The molecule has 1 fully saturated rings. The maximum Gasteiger partial charge on any atom is 0.415 e. The highest BCUT2D eigenvalue weighted by molar-refractivity contribution is 5.91. The van der Waals surface area contributed by atoms with Crippen LogP contribution in [0.25, 0.3) is 0 Å². The molecule has 98 valence electrons. The minimum atomic E-state index is -0.455. The molecule has 2 rings (SSSR count). The first-order chi connectivity index (χ1) is 8.45. The van der Waals surface area contributed by atoms with E-state index >= 15 is 0 Å². The van der Waals surface area contributed by atoms with Crippen molar-refractivity contribution in [2.45, 2.75) is 26.4 Å². The number of hydrogen-bond donors (Lipinski definition) is 1. The summed E-state index contributed by atoms with van der Waals surface area (Å²) in [5, 5.41) is 3.06. The van der Waals surface area contributed by atoms with Gasteiger partial charge in [0.1, 0.15) is 5.60 Å². The molecule has 1 N–H and O–H groups in total. The Labute approximate surface area is 108 Å². The molecule has 1 atom stereocenters. The molecule has 0 aromatic heterocycles. The van der Waals surface area contributed by atoms with Crippen molar-refractivity contribution >= 4 is 11.8 Å². The normalized spacial score (nSPS) is 23.3. The van der Waals surface area contributed by atoms with Gasteiger partial charge in [0.15, 0.2) is 0 Å². The molecule has 1 saturated heterocycles. The lowest BCUT2D eigenvalue weighted by atomic mass is 10.1. The number of ether oxygens (including phenoxy) is 1. The summed E-state index contributed by atoms with van der Waals surface area (Å²) in [6.45, 7) is 7.25. The van der Waals surface area contributed by atoms with Gasteiger partial charge in [-0.3, -0.25) is 4.90 Å². The van der Waals surface area contributed by atoms with E-state index in [4.69, 9.17) is 4.74 Å². The van der Waals surface area contributed by atoms with Crippen molar-refractivity contribution in [3.63, 3.8) is 0 Å². The number of anilines is 1. The summed E-state index contributed by atoms with van der Waals surface area (Å²) in [6, 6.07) is 6.08. The van der Waals surface area contributed by atoms with E-state index in [0.29, 0.717) is 13.1 Å².